The highest BCUT2D eigenvalue weighted by molar-refractivity contribution is 6.13. The molecule has 2 heterocycles. The Balaban J connectivity index is 1.49. The second-order valence-corrected chi connectivity index (χ2v) is 17.5. The molecule has 11 rings (SSSR count). The second kappa shape index (κ2) is 15.1. The van der Waals surface area contributed by atoms with Crippen LogP contribution in [-0.4, -0.2) is 9.13 Å². The molecule has 2 aliphatic carbocycles. The van der Waals surface area contributed by atoms with Gasteiger partial charge in [-0.3, -0.25) is 0 Å². The normalized spacial score (nSPS) is 15.7. The number of nitrogens with zero attached hydrogens (tertiary/aromatic N) is 2. The Morgan fingerprint density at radius 2 is 0.770 bits per heavy atom. The summed E-state index contributed by atoms with van der Waals surface area (Å²) in [6.45, 7) is 2.17. The summed E-state index contributed by atoms with van der Waals surface area (Å²) in [5, 5.41) is 4.49. The first-order valence-corrected chi connectivity index (χ1v) is 22.3. The van der Waals surface area contributed by atoms with Crippen LogP contribution in [0.15, 0.2) is 146 Å². The van der Waals surface area contributed by atoms with Crippen molar-refractivity contribution in [2.45, 2.75) is 89.1 Å². The van der Waals surface area contributed by atoms with Crippen molar-refractivity contribution in [3.05, 3.63) is 168 Å². The molecule has 5 heteroatoms. The standard InChI is InChI=1S/C56H49F3N2/c1-36-20-8-9-25-39(36)52-50(37-21-4-2-5-22-37)54(60-46-32-16-11-26-40(46)41-27-12-17-33-47(41)60)51(38-23-6-3-7-24-38)53(44-30-10-15-31-45(44)56(57,58)59)55(52)61-48-34-18-13-28-42(48)43-29-14-19-35-49(43)61/h8-20,25-35,37-38H,2-7,21-24H2,1H3. The zero-order chi connectivity index (χ0) is 41.2. The minimum absolute atomic E-state index is 0.0417. The van der Waals surface area contributed by atoms with E-state index in [2.05, 4.69) is 137 Å². The highest BCUT2D eigenvalue weighted by atomic mass is 19.4. The van der Waals surface area contributed by atoms with Crippen molar-refractivity contribution in [3.63, 3.8) is 0 Å². The second-order valence-electron chi connectivity index (χ2n) is 17.5. The summed E-state index contributed by atoms with van der Waals surface area (Å²) >= 11 is 0. The van der Waals surface area contributed by atoms with E-state index in [1.54, 1.807) is 12.1 Å². The molecule has 0 aliphatic heterocycles. The molecule has 2 nitrogen and oxygen atoms in total. The molecule has 7 aromatic carbocycles. The number of aromatic nitrogens is 2. The average molecular weight is 807 g/mol. The zero-order valence-corrected chi connectivity index (χ0v) is 34.6. The van der Waals surface area contributed by atoms with Gasteiger partial charge in [-0.25, -0.2) is 0 Å². The first-order chi connectivity index (χ1) is 29.9. The van der Waals surface area contributed by atoms with Crippen molar-refractivity contribution in [2.24, 2.45) is 0 Å². The largest absolute Gasteiger partial charge is 0.417 e. The Kier molecular flexibility index (Phi) is 9.40. The third-order valence-corrected chi connectivity index (χ3v) is 14.1. The fourth-order valence-corrected chi connectivity index (χ4v) is 11.5. The average Bonchev–Trinajstić information content (AvgIpc) is 3.81. The van der Waals surface area contributed by atoms with E-state index in [4.69, 9.17) is 0 Å². The molecule has 0 radical (unpaired) electrons. The van der Waals surface area contributed by atoms with Crippen LogP contribution in [0.5, 0.6) is 0 Å². The maximum atomic E-state index is 15.9. The highest BCUT2D eigenvalue weighted by Gasteiger charge is 2.40. The Hall–Kier alpha value is -6.07. The summed E-state index contributed by atoms with van der Waals surface area (Å²) < 4.78 is 52.6. The minimum atomic E-state index is -4.59. The smallest absolute Gasteiger partial charge is 0.309 e. The van der Waals surface area contributed by atoms with Gasteiger partial charge in [-0.15, -0.1) is 0 Å². The van der Waals surface area contributed by atoms with Gasteiger partial charge in [0.1, 0.15) is 0 Å². The predicted octanol–water partition coefficient (Wildman–Crippen LogP) is 16.6. The quantitative estimate of drug-likeness (QED) is 0.158. The number of hydrogen-bond donors (Lipinski definition) is 0. The van der Waals surface area contributed by atoms with Crippen LogP contribution in [0.25, 0.3) is 77.2 Å². The van der Waals surface area contributed by atoms with Gasteiger partial charge in [0.25, 0.3) is 0 Å². The van der Waals surface area contributed by atoms with E-state index in [1.165, 1.54) is 18.1 Å². The molecule has 2 aromatic heterocycles. The van der Waals surface area contributed by atoms with Gasteiger partial charge in [0.05, 0.1) is 39.0 Å². The van der Waals surface area contributed by atoms with Crippen molar-refractivity contribution >= 4 is 43.6 Å². The van der Waals surface area contributed by atoms with Crippen molar-refractivity contribution in [1.82, 2.24) is 9.13 Å². The molecule has 9 aromatic rings. The van der Waals surface area contributed by atoms with Crippen LogP contribution in [0, 0.1) is 6.92 Å². The Bertz CT molecular complexity index is 3010. The molecule has 0 saturated heterocycles. The van der Waals surface area contributed by atoms with Gasteiger partial charge in [0, 0.05) is 32.7 Å². The third-order valence-electron chi connectivity index (χ3n) is 14.1. The summed E-state index contributed by atoms with van der Waals surface area (Å²) in [5.41, 5.74) is 12.1. The van der Waals surface area contributed by atoms with Gasteiger partial charge < -0.3 is 9.13 Å². The van der Waals surface area contributed by atoms with Crippen LogP contribution in [-0.2, 0) is 6.18 Å². The molecule has 0 N–H and O–H groups in total. The molecule has 304 valence electrons. The van der Waals surface area contributed by atoms with E-state index in [1.807, 2.05) is 6.07 Å². The van der Waals surface area contributed by atoms with Crippen molar-refractivity contribution in [3.8, 4) is 33.6 Å². The van der Waals surface area contributed by atoms with Crippen LogP contribution in [0.4, 0.5) is 13.2 Å². The number of fused-ring (bicyclic) bond motifs is 6. The Labute approximate surface area is 355 Å². The summed E-state index contributed by atoms with van der Waals surface area (Å²) in [4.78, 5) is 0. The first kappa shape index (κ1) is 37.9. The highest BCUT2D eigenvalue weighted by Crippen LogP contribution is 2.57. The van der Waals surface area contributed by atoms with E-state index in [-0.39, 0.29) is 17.4 Å². The van der Waals surface area contributed by atoms with Crippen LogP contribution in [0.2, 0.25) is 0 Å². The molecule has 0 spiro atoms. The number of para-hydroxylation sites is 4. The van der Waals surface area contributed by atoms with Gasteiger partial charge in [-0.05, 0) is 103 Å². The molecule has 0 amide bonds. The molecule has 0 atom stereocenters. The molecule has 0 unspecified atom stereocenters. The first-order valence-electron chi connectivity index (χ1n) is 22.3. The number of rotatable bonds is 6. The molecule has 61 heavy (non-hydrogen) atoms. The predicted molar refractivity (Wildman–Crippen MR) is 247 cm³/mol. The Morgan fingerprint density at radius 3 is 1.21 bits per heavy atom. The van der Waals surface area contributed by atoms with Crippen LogP contribution in [0.3, 0.4) is 0 Å². The molecule has 2 saturated carbocycles. The fraction of sp³-hybridized carbons (Fsp3) is 0.250. The van der Waals surface area contributed by atoms with Crippen molar-refractivity contribution in [2.75, 3.05) is 0 Å². The maximum Gasteiger partial charge on any atom is 0.417 e. The number of alkyl halides is 3. The fourth-order valence-electron chi connectivity index (χ4n) is 11.5. The van der Waals surface area contributed by atoms with E-state index >= 15 is 13.2 Å². The topological polar surface area (TPSA) is 9.86 Å². The number of aryl methyl sites for hydroxylation is 1. The van der Waals surface area contributed by atoms with Crippen LogP contribution >= 0.6 is 0 Å². The summed E-state index contributed by atoms with van der Waals surface area (Å²) in [6, 6.07) is 49.3. The minimum Gasteiger partial charge on any atom is -0.309 e. The lowest BCUT2D eigenvalue weighted by Gasteiger charge is -2.37. The summed E-state index contributed by atoms with van der Waals surface area (Å²) in [6.07, 6.45) is 5.95. The van der Waals surface area contributed by atoms with E-state index in [0.29, 0.717) is 5.56 Å². The van der Waals surface area contributed by atoms with Crippen molar-refractivity contribution in [1.29, 1.82) is 0 Å². The lowest BCUT2D eigenvalue weighted by atomic mass is 9.71. The zero-order valence-electron chi connectivity index (χ0n) is 34.6. The molecular weight excluding hydrogens is 758 g/mol. The molecule has 0 bridgehead atoms. The lowest BCUT2D eigenvalue weighted by molar-refractivity contribution is -0.137. The molecule has 2 aliphatic rings. The van der Waals surface area contributed by atoms with Gasteiger partial charge >= 0.3 is 6.18 Å². The van der Waals surface area contributed by atoms with Crippen LogP contribution < -0.4 is 0 Å². The van der Waals surface area contributed by atoms with Crippen LogP contribution in [0.1, 0.15) is 98.3 Å². The van der Waals surface area contributed by atoms with E-state index in [9.17, 15) is 0 Å². The number of halogens is 3. The third kappa shape index (κ3) is 6.14. The maximum absolute atomic E-state index is 15.9. The number of hydrogen-bond acceptors (Lipinski definition) is 0. The molecular formula is C56H49F3N2. The van der Waals surface area contributed by atoms with Gasteiger partial charge in [0.15, 0.2) is 0 Å². The molecule has 2 fully saturated rings. The monoisotopic (exact) mass is 806 g/mol. The van der Waals surface area contributed by atoms with Crippen molar-refractivity contribution < 1.29 is 13.2 Å². The summed E-state index contributed by atoms with van der Waals surface area (Å²) in [5.74, 6) is 0.236. The Morgan fingerprint density at radius 1 is 0.410 bits per heavy atom. The van der Waals surface area contributed by atoms with Gasteiger partial charge in [-0.1, -0.05) is 154 Å². The SMILES string of the molecule is Cc1ccccc1-c1c(C2CCCCC2)c(-n2c3ccccc3c3ccccc32)c(C2CCCCC2)c(-c2ccccc2C(F)(F)F)c1-n1c2ccccc2c2ccccc21. The number of benzene rings is 7. The van der Waals surface area contributed by atoms with E-state index in [0.717, 1.165) is 135 Å². The van der Waals surface area contributed by atoms with Gasteiger partial charge in [0.2, 0.25) is 0 Å². The summed E-state index contributed by atoms with van der Waals surface area (Å²) in [7, 11) is 0. The van der Waals surface area contributed by atoms with Gasteiger partial charge in [-0.2, -0.15) is 13.2 Å². The van der Waals surface area contributed by atoms with E-state index < -0.39 is 11.7 Å². The lowest BCUT2D eigenvalue weighted by Crippen LogP contribution is -2.20.